The van der Waals surface area contributed by atoms with Gasteiger partial charge in [-0.15, -0.1) is 6.58 Å². The molecular formula is C7H15N3O2. The molecule has 0 amide bonds. The van der Waals surface area contributed by atoms with E-state index in [0.29, 0.717) is 6.42 Å². The predicted octanol–water partition coefficient (Wildman–Crippen LogP) is -0.850. The molecular weight excluding hydrogens is 158 g/mol. The zero-order valence-electron chi connectivity index (χ0n) is 6.94. The van der Waals surface area contributed by atoms with Crippen molar-refractivity contribution in [2.45, 2.75) is 12.5 Å². The molecule has 5 N–H and O–H groups in total. The second-order valence-corrected chi connectivity index (χ2v) is 2.33. The fourth-order valence-electron chi connectivity index (χ4n) is 0.893. The van der Waals surface area contributed by atoms with Gasteiger partial charge in [-0.05, 0) is 6.42 Å². The van der Waals surface area contributed by atoms with E-state index in [-0.39, 0.29) is 13.3 Å². The van der Waals surface area contributed by atoms with Crippen molar-refractivity contribution in [1.82, 2.24) is 4.90 Å². The Bertz CT molecular complexity index is 157. The maximum atomic E-state index is 10.6. The molecule has 0 aliphatic carbocycles. The van der Waals surface area contributed by atoms with Crippen LogP contribution >= 0.6 is 0 Å². The molecule has 0 bridgehead atoms. The summed E-state index contributed by atoms with van der Waals surface area (Å²) >= 11 is 0. The highest BCUT2D eigenvalue weighted by Crippen LogP contribution is 2.02. The molecule has 0 aliphatic rings. The Morgan fingerprint density at radius 1 is 1.58 bits per heavy atom. The van der Waals surface area contributed by atoms with E-state index in [1.807, 2.05) is 0 Å². The molecule has 0 aromatic carbocycles. The normalized spacial score (nSPS) is 12.9. The lowest BCUT2D eigenvalue weighted by Gasteiger charge is -2.24. The van der Waals surface area contributed by atoms with Crippen molar-refractivity contribution in [2.24, 2.45) is 11.5 Å². The average Bonchev–Trinajstić information content (AvgIpc) is 2.05. The van der Waals surface area contributed by atoms with E-state index in [1.54, 1.807) is 0 Å². The van der Waals surface area contributed by atoms with Crippen LogP contribution in [0.1, 0.15) is 6.42 Å². The van der Waals surface area contributed by atoms with Crippen LogP contribution in [0, 0.1) is 0 Å². The van der Waals surface area contributed by atoms with Gasteiger partial charge in [0.1, 0.15) is 6.04 Å². The fraction of sp³-hybridized carbons (Fsp3) is 0.571. The lowest BCUT2D eigenvalue weighted by Crippen LogP contribution is -2.46. The molecule has 0 fully saturated rings. The van der Waals surface area contributed by atoms with E-state index in [0.717, 1.165) is 0 Å². The van der Waals surface area contributed by atoms with Gasteiger partial charge in [0.2, 0.25) is 0 Å². The second kappa shape index (κ2) is 5.70. The topological polar surface area (TPSA) is 92.6 Å². The molecule has 70 valence electrons. The van der Waals surface area contributed by atoms with Crippen LogP contribution in [0.4, 0.5) is 0 Å². The maximum Gasteiger partial charge on any atom is 0.321 e. The molecule has 5 nitrogen and oxygen atoms in total. The molecule has 0 rings (SSSR count). The zero-order valence-corrected chi connectivity index (χ0v) is 6.94. The average molecular weight is 173 g/mol. The van der Waals surface area contributed by atoms with Gasteiger partial charge in [0.15, 0.2) is 0 Å². The summed E-state index contributed by atoms with van der Waals surface area (Å²) in [7, 11) is 0. The minimum atomic E-state index is -0.925. The van der Waals surface area contributed by atoms with E-state index in [4.69, 9.17) is 16.6 Å². The first-order chi connectivity index (χ1) is 5.67. The molecule has 0 saturated heterocycles. The zero-order chi connectivity index (χ0) is 9.56. The van der Waals surface area contributed by atoms with E-state index in [2.05, 4.69) is 6.58 Å². The number of carboxylic acids is 1. The summed E-state index contributed by atoms with van der Waals surface area (Å²) in [5.41, 5.74) is 10.6. The van der Waals surface area contributed by atoms with Crippen LogP contribution < -0.4 is 11.5 Å². The van der Waals surface area contributed by atoms with Crippen molar-refractivity contribution in [2.75, 3.05) is 13.3 Å². The van der Waals surface area contributed by atoms with E-state index >= 15 is 0 Å². The predicted molar refractivity (Wildman–Crippen MR) is 46.2 cm³/mol. The highest BCUT2D eigenvalue weighted by Gasteiger charge is 2.21. The third-order valence-corrected chi connectivity index (χ3v) is 1.58. The van der Waals surface area contributed by atoms with Gasteiger partial charge >= 0.3 is 5.97 Å². The summed E-state index contributed by atoms with van der Waals surface area (Å²) < 4.78 is 0. The Morgan fingerprint density at radius 3 is 2.33 bits per heavy atom. The highest BCUT2D eigenvalue weighted by molar-refractivity contribution is 5.73. The van der Waals surface area contributed by atoms with Gasteiger partial charge in [0.25, 0.3) is 0 Å². The second-order valence-electron chi connectivity index (χ2n) is 2.33. The largest absolute Gasteiger partial charge is 0.480 e. The van der Waals surface area contributed by atoms with Crippen molar-refractivity contribution in [3.8, 4) is 0 Å². The summed E-state index contributed by atoms with van der Waals surface area (Å²) in [6.45, 7) is 3.74. The highest BCUT2D eigenvalue weighted by atomic mass is 16.4. The SMILES string of the molecule is C=CCC(C(=O)O)N(CN)CN. The van der Waals surface area contributed by atoms with Gasteiger partial charge in [-0.1, -0.05) is 6.08 Å². The molecule has 0 radical (unpaired) electrons. The number of nitrogens with two attached hydrogens (primary N) is 2. The Labute approximate surface area is 71.6 Å². The van der Waals surface area contributed by atoms with Gasteiger partial charge in [-0.2, -0.15) is 0 Å². The van der Waals surface area contributed by atoms with E-state index in [1.165, 1.54) is 11.0 Å². The molecule has 0 aromatic heterocycles. The van der Waals surface area contributed by atoms with Gasteiger partial charge < -0.3 is 16.6 Å². The van der Waals surface area contributed by atoms with Crippen LogP contribution in [0.15, 0.2) is 12.7 Å². The first-order valence-electron chi connectivity index (χ1n) is 3.65. The number of nitrogens with zero attached hydrogens (tertiary/aromatic N) is 1. The third-order valence-electron chi connectivity index (χ3n) is 1.58. The molecule has 0 saturated carbocycles. The number of hydrogen-bond donors (Lipinski definition) is 3. The fourth-order valence-corrected chi connectivity index (χ4v) is 0.893. The monoisotopic (exact) mass is 173 g/mol. The lowest BCUT2D eigenvalue weighted by atomic mass is 10.2. The Morgan fingerprint density at radius 2 is 2.08 bits per heavy atom. The first-order valence-corrected chi connectivity index (χ1v) is 3.65. The number of carboxylic acid groups (broad SMARTS) is 1. The van der Waals surface area contributed by atoms with E-state index in [9.17, 15) is 4.79 Å². The molecule has 1 atom stereocenters. The molecule has 1 unspecified atom stereocenters. The van der Waals surface area contributed by atoms with Crippen LogP contribution in [-0.2, 0) is 4.79 Å². The Balaban J connectivity index is 4.24. The number of carbonyl (C=O) groups is 1. The van der Waals surface area contributed by atoms with Gasteiger partial charge in [-0.3, -0.25) is 9.69 Å². The number of rotatable bonds is 6. The maximum absolute atomic E-state index is 10.6. The van der Waals surface area contributed by atoms with Crippen molar-refractivity contribution < 1.29 is 9.90 Å². The minimum absolute atomic E-state index is 0.140. The molecule has 0 heterocycles. The Kier molecular flexibility index (Phi) is 5.27. The van der Waals surface area contributed by atoms with Crippen LogP contribution in [0.2, 0.25) is 0 Å². The third kappa shape index (κ3) is 3.00. The molecule has 0 aromatic rings. The summed E-state index contributed by atoms with van der Waals surface area (Å²) in [6, 6.07) is -0.655. The van der Waals surface area contributed by atoms with Crippen molar-refractivity contribution >= 4 is 5.97 Å². The number of hydrogen-bond acceptors (Lipinski definition) is 4. The molecule has 5 heteroatoms. The standard InChI is InChI=1S/C7H15N3O2/c1-2-3-6(7(11)12)10(4-8)5-9/h2,6H,1,3-5,8-9H2,(H,11,12). The smallest absolute Gasteiger partial charge is 0.321 e. The molecule has 0 spiro atoms. The molecule has 0 aliphatic heterocycles. The van der Waals surface area contributed by atoms with Crippen LogP contribution in [0.25, 0.3) is 0 Å². The summed E-state index contributed by atoms with van der Waals surface area (Å²) in [5, 5.41) is 8.74. The van der Waals surface area contributed by atoms with E-state index < -0.39 is 12.0 Å². The van der Waals surface area contributed by atoms with Gasteiger partial charge in [-0.25, -0.2) is 0 Å². The number of aliphatic carboxylic acids is 1. The quantitative estimate of drug-likeness (QED) is 0.359. The minimum Gasteiger partial charge on any atom is -0.480 e. The Hall–Kier alpha value is -0.910. The summed E-state index contributed by atoms with van der Waals surface area (Å²) in [4.78, 5) is 12.1. The van der Waals surface area contributed by atoms with Gasteiger partial charge in [0.05, 0.1) is 0 Å². The van der Waals surface area contributed by atoms with Crippen LogP contribution in [0.5, 0.6) is 0 Å². The van der Waals surface area contributed by atoms with Crippen LogP contribution in [-0.4, -0.2) is 35.4 Å². The van der Waals surface area contributed by atoms with Crippen molar-refractivity contribution in [3.63, 3.8) is 0 Å². The van der Waals surface area contributed by atoms with Crippen molar-refractivity contribution in [1.29, 1.82) is 0 Å². The van der Waals surface area contributed by atoms with Crippen LogP contribution in [0.3, 0.4) is 0 Å². The lowest BCUT2D eigenvalue weighted by molar-refractivity contribution is -0.143. The van der Waals surface area contributed by atoms with Gasteiger partial charge in [0, 0.05) is 13.3 Å². The first kappa shape index (κ1) is 11.1. The van der Waals surface area contributed by atoms with Crippen molar-refractivity contribution in [3.05, 3.63) is 12.7 Å². The summed E-state index contributed by atoms with van der Waals surface area (Å²) in [6.07, 6.45) is 1.89. The molecule has 12 heavy (non-hydrogen) atoms. The summed E-state index contributed by atoms with van der Waals surface area (Å²) in [5.74, 6) is -0.925.